The molecule has 0 aliphatic rings. The molecule has 0 atom stereocenters. The number of halogens is 2. The van der Waals surface area contributed by atoms with E-state index < -0.39 is 32.5 Å². The molecule has 6 nitrogen and oxygen atoms in total. The zero-order chi connectivity index (χ0) is 23.4. The molecule has 0 heterocycles. The Morgan fingerprint density at radius 2 is 1.10 bits per heavy atom. The molecule has 0 aliphatic heterocycles. The van der Waals surface area contributed by atoms with Crippen LogP contribution in [0.4, 0.5) is 0 Å². The molecule has 0 fully saturated rings. The van der Waals surface area contributed by atoms with Crippen molar-refractivity contribution in [3.63, 3.8) is 0 Å². The summed E-state index contributed by atoms with van der Waals surface area (Å²) in [5, 5.41) is 11.3. The van der Waals surface area contributed by atoms with Gasteiger partial charge in [0.15, 0.2) is 0 Å². The summed E-state index contributed by atoms with van der Waals surface area (Å²) in [6.07, 6.45) is -0.235. The van der Waals surface area contributed by atoms with Gasteiger partial charge in [0.25, 0.3) is 0 Å². The third kappa shape index (κ3) is 7.47. The largest absolute Gasteiger partial charge is 0.550 e. The van der Waals surface area contributed by atoms with Crippen LogP contribution in [0, 0.1) is 0 Å². The van der Waals surface area contributed by atoms with Gasteiger partial charge in [0.05, 0.1) is 0 Å². The minimum Gasteiger partial charge on any atom is -0.550 e. The van der Waals surface area contributed by atoms with Crippen molar-refractivity contribution < 1.29 is 29.0 Å². The number of alkyl halides is 2. The van der Waals surface area contributed by atoms with Crippen molar-refractivity contribution >= 4 is 49.8 Å². The van der Waals surface area contributed by atoms with Gasteiger partial charge in [0, 0.05) is 11.9 Å². The lowest BCUT2D eigenvalue weighted by molar-refractivity contribution is -0.306. The molecule has 0 spiro atoms. The first kappa shape index (κ1) is 25.1. The molecular formula is C23H23Br2O6-. The predicted octanol–water partition coefficient (Wildman–Crippen LogP) is 4.12. The van der Waals surface area contributed by atoms with E-state index in [4.69, 9.17) is 9.47 Å². The second-order valence-corrected chi connectivity index (χ2v) is 12.0. The summed E-state index contributed by atoms with van der Waals surface area (Å²) in [5.41, 5.74) is 1.43. The van der Waals surface area contributed by atoms with Gasteiger partial charge in [-0.15, -0.1) is 0 Å². The molecule has 0 N–H and O–H groups in total. The summed E-state index contributed by atoms with van der Waals surface area (Å²) in [6, 6.07) is 13.3. The molecule has 0 aliphatic carbocycles. The Morgan fingerprint density at radius 1 is 0.774 bits per heavy atom. The third-order valence-electron chi connectivity index (χ3n) is 4.33. The van der Waals surface area contributed by atoms with Crippen LogP contribution in [0.1, 0.15) is 51.2 Å². The van der Waals surface area contributed by atoms with Crippen LogP contribution in [0.5, 0.6) is 11.5 Å². The standard InChI is InChI=1S/C23H24Br2O6/c1-22(2,24)20(28)30-16-9-5-14(6-10-16)18(13-19(26)27)15-7-11-17(12-8-15)31-21(29)23(3,4)25/h5-12,18H,13H2,1-4H3,(H,26,27)/p-1. The van der Waals surface area contributed by atoms with E-state index in [1.807, 2.05) is 0 Å². The highest BCUT2D eigenvalue weighted by atomic mass is 79.9. The Bertz CT molecular complexity index is 867. The maximum Gasteiger partial charge on any atom is 0.327 e. The minimum atomic E-state index is -1.20. The average molecular weight is 555 g/mol. The summed E-state index contributed by atoms with van der Waals surface area (Å²) < 4.78 is 8.99. The van der Waals surface area contributed by atoms with Gasteiger partial charge >= 0.3 is 11.9 Å². The third-order valence-corrected chi connectivity index (χ3v) is 4.98. The van der Waals surface area contributed by atoms with E-state index in [2.05, 4.69) is 31.9 Å². The summed E-state index contributed by atoms with van der Waals surface area (Å²) in [6.45, 7) is 6.72. The molecule has 0 unspecified atom stereocenters. The maximum atomic E-state index is 12.0. The fraction of sp³-hybridized carbons (Fsp3) is 0.348. The lowest BCUT2D eigenvalue weighted by Crippen LogP contribution is -2.29. The van der Waals surface area contributed by atoms with Crippen LogP contribution in [-0.4, -0.2) is 26.6 Å². The number of carboxylic acid groups (broad SMARTS) is 1. The molecule has 0 aromatic heterocycles. The Labute approximate surface area is 198 Å². The summed E-state index contributed by atoms with van der Waals surface area (Å²) >= 11 is 6.49. The van der Waals surface area contributed by atoms with Crippen LogP contribution < -0.4 is 14.6 Å². The predicted molar refractivity (Wildman–Crippen MR) is 122 cm³/mol. The fourth-order valence-electron chi connectivity index (χ4n) is 2.59. The molecular weight excluding hydrogens is 532 g/mol. The highest BCUT2D eigenvalue weighted by Crippen LogP contribution is 2.31. The Morgan fingerprint density at radius 3 is 1.35 bits per heavy atom. The number of carbonyl (C=O) groups excluding carboxylic acids is 3. The Balaban J connectivity index is 2.23. The number of hydrogen-bond donors (Lipinski definition) is 0. The molecule has 0 saturated carbocycles. The van der Waals surface area contributed by atoms with Gasteiger partial charge in [0.1, 0.15) is 20.1 Å². The zero-order valence-electron chi connectivity index (χ0n) is 17.6. The van der Waals surface area contributed by atoms with Crippen molar-refractivity contribution in [3.8, 4) is 11.5 Å². The molecule has 2 aromatic rings. The Hall–Kier alpha value is -2.19. The van der Waals surface area contributed by atoms with Crippen LogP contribution in [0.2, 0.25) is 0 Å². The number of aliphatic carboxylic acids is 1. The first-order valence-corrected chi connectivity index (χ1v) is 11.1. The minimum absolute atomic E-state index is 0.235. The van der Waals surface area contributed by atoms with Crippen molar-refractivity contribution in [2.45, 2.75) is 48.7 Å². The SMILES string of the molecule is CC(C)(Br)C(=O)Oc1ccc(C(CC(=O)[O-])c2ccc(OC(=O)C(C)(C)Br)cc2)cc1. The van der Waals surface area contributed by atoms with E-state index in [0.717, 1.165) is 0 Å². The zero-order valence-corrected chi connectivity index (χ0v) is 20.8. The second kappa shape index (κ2) is 9.96. The van der Waals surface area contributed by atoms with Gasteiger partial charge in [-0.25, -0.2) is 0 Å². The first-order valence-electron chi connectivity index (χ1n) is 9.49. The topological polar surface area (TPSA) is 92.7 Å². The van der Waals surface area contributed by atoms with Gasteiger partial charge in [-0.1, -0.05) is 56.1 Å². The second-order valence-electron chi connectivity index (χ2n) is 7.99. The van der Waals surface area contributed by atoms with Crippen molar-refractivity contribution in [1.82, 2.24) is 0 Å². The average Bonchev–Trinajstić information content (AvgIpc) is 2.66. The van der Waals surface area contributed by atoms with Crippen molar-refractivity contribution in [1.29, 1.82) is 0 Å². The van der Waals surface area contributed by atoms with Crippen LogP contribution >= 0.6 is 31.9 Å². The van der Waals surface area contributed by atoms with Crippen molar-refractivity contribution in [3.05, 3.63) is 59.7 Å². The lowest BCUT2D eigenvalue weighted by Gasteiger charge is -2.20. The summed E-state index contributed by atoms with van der Waals surface area (Å²) in [7, 11) is 0. The molecule has 0 radical (unpaired) electrons. The number of hydrogen-bond acceptors (Lipinski definition) is 6. The fourth-order valence-corrected chi connectivity index (χ4v) is 2.75. The van der Waals surface area contributed by atoms with E-state index in [1.165, 1.54) is 0 Å². The Kier molecular flexibility index (Phi) is 8.05. The van der Waals surface area contributed by atoms with Gasteiger partial charge in [-0.2, -0.15) is 0 Å². The highest BCUT2D eigenvalue weighted by molar-refractivity contribution is 9.10. The van der Waals surface area contributed by atoms with E-state index >= 15 is 0 Å². The van der Waals surface area contributed by atoms with E-state index in [0.29, 0.717) is 22.6 Å². The molecule has 166 valence electrons. The van der Waals surface area contributed by atoms with Crippen LogP contribution in [0.3, 0.4) is 0 Å². The number of rotatable bonds is 8. The van der Waals surface area contributed by atoms with E-state index in [9.17, 15) is 19.5 Å². The van der Waals surface area contributed by atoms with Crippen molar-refractivity contribution in [2.24, 2.45) is 0 Å². The molecule has 0 amide bonds. The van der Waals surface area contributed by atoms with Crippen LogP contribution in [-0.2, 0) is 14.4 Å². The van der Waals surface area contributed by atoms with Gasteiger partial charge in [-0.05, 0) is 69.5 Å². The van der Waals surface area contributed by atoms with Gasteiger partial charge in [-0.3, -0.25) is 9.59 Å². The maximum absolute atomic E-state index is 12.0. The number of esters is 2. The monoisotopic (exact) mass is 553 g/mol. The first-order chi connectivity index (χ1) is 14.3. The molecule has 31 heavy (non-hydrogen) atoms. The van der Waals surface area contributed by atoms with Crippen LogP contribution in [0.25, 0.3) is 0 Å². The normalized spacial score (nSPS) is 11.8. The van der Waals surface area contributed by atoms with Crippen molar-refractivity contribution in [2.75, 3.05) is 0 Å². The number of benzene rings is 2. The number of carbonyl (C=O) groups is 3. The summed E-state index contributed by atoms with van der Waals surface area (Å²) in [4.78, 5) is 35.3. The molecule has 0 bridgehead atoms. The highest BCUT2D eigenvalue weighted by Gasteiger charge is 2.27. The molecule has 2 rings (SSSR count). The van der Waals surface area contributed by atoms with Crippen LogP contribution in [0.15, 0.2) is 48.5 Å². The van der Waals surface area contributed by atoms with Gasteiger partial charge < -0.3 is 19.4 Å². The van der Waals surface area contributed by atoms with E-state index in [1.54, 1.807) is 76.2 Å². The lowest BCUT2D eigenvalue weighted by atomic mass is 9.88. The number of carboxylic acids is 1. The number of ether oxygens (including phenoxy) is 2. The van der Waals surface area contributed by atoms with E-state index in [-0.39, 0.29) is 6.42 Å². The molecule has 0 saturated heterocycles. The summed E-state index contributed by atoms with van der Waals surface area (Å²) in [5.74, 6) is -1.86. The van der Waals surface area contributed by atoms with Gasteiger partial charge in [0.2, 0.25) is 0 Å². The molecule has 2 aromatic carbocycles. The molecule has 8 heteroatoms. The quantitative estimate of drug-likeness (QED) is 0.277. The smallest absolute Gasteiger partial charge is 0.327 e.